The molecule has 1 fully saturated rings. The lowest BCUT2D eigenvalue weighted by Crippen LogP contribution is -2.47. The molecule has 4 atom stereocenters. The zero-order valence-corrected chi connectivity index (χ0v) is 18.4. The molecule has 0 aliphatic carbocycles. The van der Waals surface area contributed by atoms with E-state index in [1.807, 2.05) is 0 Å². The molecule has 17 heteroatoms. The molecule has 1 aliphatic rings. The van der Waals surface area contributed by atoms with Crippen molar-refractivity contribution in [2.75, 3.05) is 31.7 Å². The number of hydrogen-bond acceptors (Lipinski definition) is 10. The molecule has 1 aliphatic heterocycles. The molecule has 8 N–H and O–H groups in total. The summed E-state index contributed by atoms with van der Waals surface area (Å²) in [4.78, 5) is 55.2. The number of nitrogens with two attached hydrogens (primary N) is 1. The number of urea groups is 1. The van der Waals surface area contributed by atoms with Crippen molar-refractivity contribution < 1.29 is 38.9 Å². The number of ether oxygens (including phenoxy) is 1. The lowest BCUT2D eigenvalue weighted by molar-refractivity contribution is -0.122. The Hall–Kier alpha value is -2.88. The number of aliphatic hydroxyl groups is 2. The molecular weight excluding hydrogens is 463 g/mol. The SMILES string of the molecule is CCNC(=O)N(CC(=O)NC[C@H]1O[C@@H](n2cnc3c(N)ncnc32)C(O)C1O)CP(=O)(O)O. The van der Waals surface area contributed by atoms with Crippen molar-refractivity contribution in [2.45, 2.75) is 31.5 Å². The third-order valence-corrected chi connectivity index (χ3v) is 5.51. The van der Waals surface area contributed by atoms with Crippen LogP contribution in [-0.2, 0) is 14.1 Å². The van der Waals surface area contributed by atoms with E-state index in [4.69, 9.17) is 20.3 Å². The Morgan fingerprint density at radius 2 is 1.97 bits per heavy atom. The topological polar surface area (TPSA) is 238 Å². The van der Waals surface area contributed by atoms with Gasteiger partial charge in [0.05, 0.1) is 6.33 Å². The Kier molecular flexibility index (Phi) is 7.46. The molecule has 3 heterocycles. The number of nitrogens with zero attached hydrogens (tertiary/aromatic N) is 5. The van der Waals surface area contributed by atoms with Crippen LogP contribution in [0.5, 0.6) is 0 Å². The van der Waals surface area contributed by atoms with Crippen molar-refractivity contribution in [3.05, 3.63) is 12.7 Å². The van der Waals surface area contributed by atoms with E-state index < -0.39 is 56.9 Å². The molecule has 33 heavy (non-hydrogen) atoms. The van der Waals surface area contributed by atoms with E-state index in [-0.39, 0.29) is 30.1 Å². The lowest BCUT2D eigenvalue weighted by Gasteiger charge is -2.23. The number of aromatic nitrogens is 4. The van der Waals surface area contributed by atoms with Gasteiger partial charge in [0.25, 0.3) is 0 Å². The van der Waals surface area contributed by atoms with Crippen molar-refractivity contribution >= 4 is 36.5 Å². The average Bonchev–Trinajstić information content (AvgIpc) is 3.28. The molecule has 1 saturated heterocycles. The van der Waals surface area contributed by atoms with E-state index in [0.717, 1.165) is 0 Å². The summed E-state index contributed by atoms with van der Waals surface area (Å²) in [6, 6.07) is -0.822. The maximum atomic E-state index is 12.3. The molecule has 2 aromatic rings. The molecule has 0 saturated carbocycles. The number of aliphatic hydroxyl groups excluding tert-OH is 2. The molecule has 0 aromatic carbocycles. The minimum absolute atomic E-state index is 0.127. The monoisotopic (exact) mass is 488 g/mol. The maximum Gasteiger partial charge on any atom is 0.344 e. The van der Waals surface area contributed by atoms with Crippen LogP contribution in [0.25, 0.3) is 11.2 Å². The molecule has 3 rings (SSSR count). The predicted molar refractivity (Wildman–Crippen MR) is 111 cm³/mol. The lowest BCUT2D eigenvalue weighted by atomic mass is 10.1. The van der Waals surface area contributed by atoms with Crippen molar-refractivity contribution in [3.63, 3.8) is 0 Å². The number of fused-ring (bicyclic) bond motifs is 1. The van der Waals surface area contributed by atoms with Crippen LogP contribution >= 0.6 is 7.60 Å². The van der Waals surface area contributed by atoms with Crippen LogP contribution in [0.4, 0.5) is 10.6 Å². The van der Waals surface area contributed by atoms with Gasteiger partial charge in [-0.15, -0.1) is 0 Å². The Morgan fingerprint density at radius 1 is 1.24 bits per heavy atom. The largest absolute Gasteiger partial charge is 0.387 e. The molecule has 0 spiro atoms. The normalized spacial score (nSPS) is 22.9. The van der Waals surface area contributed by atoms with Gasteiger partial charge < -0.3 is 46.0 Å². The summed E-state index contributed by atoms with van der Waals surface area (Å²) in [5.41, 5.74) is 6.31. The summed E-state index contributed by atoms with van der Waals surface area (Å²) in [6.07, 6.45) is -3.31. The Labute approximate surface area is 186 Å². The summed E-state index contributed by atoms with van der Waals surface area (Å²) in [6.45, 7) is 0.904. The highest BCUT2D eigenvalue weighted by molar-refractivity contribution is 7.51. The van der Waals surface area contributed by atoms with E-state index in [0.29, 0.717) is 4.90 Å². The third kappa shape index (κ3) is 5.73. The molecule has 2 unspecified atom stereocenters. The second kappa shape index (κ2) is 9.94. The minimum atomic E-state index is -4.61. The minimum Gasteiger partial charge on any atom is -0.387 e. The second-order valence-corrected chi connectivity index (χ2v) is 8.89. The van der Waals surface area contributed by atoms with Crippen molar-refractivity contribution in [1.29, 1.82) is 0 Å². The summed E-state index contributed by atoms with van der Waals surface area (Å²) in [5, 5.41) is 25.6. The number of nitrogens with one attached hydrogen (secondary N) is 2. The number of amides is 3. The Morgan fingerprint density at radius 3 is 2.64 bits per heavy atom. The molecule has 182 valence electrons. The number of imidazole rings is 1. The van der Waals surface area contributed by atoms with Crippen LogP contribution in [0, 0.1) is 0 Å². The number of carbonyl (C=O) groups is 2. The number of hydrogen-bond donors (Lipinski definition) is 7. The van der Waals surface area contributed by atoms with Crippen molar-refractivity contribution in [3.8, 4) is 0 Å². The predicted octanol–water partition coefficient (Wildman–Crippen LogP) is -2.69. The first kappa shape index (κ1) is 24.8. The second-order valence-electron chi connectivity index (χ2n) is 7.27. The first-order valence-electron chi connectivity index (χ1n) is 9.80. The van der Waals surface area contributed by atoms with Crippen LogP contribution in [-0.4, -0.2) is 101 Å². The summed E-state index contributed by atoms with van der Waals surface area (Å²) < 4.78 is 18.3. The highest BCUT2D eigenvalue weighted by Gasteiger charge is 2.44. The quantitative estimate of drug-likeness (QED) is 0.188. The molecule has 0 radical (unpaired) electrons. The first-order valence-corrected chi connectivity index (χ1v) is 11.6. The highest BCUT2D eigenvalue weighted by atomic mass is 31.2. The number of rotatable bonds is 8. The van der Waals surface area contributed by atoms with E-state index in [1.165, 1.54) is 17.2 Å². The van der Waals surface area contributed by atoms with Crippen molar-refractivity contribution in [1.82, 2.24) is 35.1 Å². The maximum absolute atomic E-state index is 12.3. The zero-order chi connectivity index (χ0) is 24.3. The highest BCUT2D eigenvalue weighted by Crippen LogP contribution is 2.35. The average molecular weight is 488 g/mol. The van der Waals surface area contributed by atoms with Gasteiger partial charge in [0.15, 0.2) is 17.7 Å². The number of carbonyl (C=O) groups excluding carboxylic acids is 2. The summed E-state index contributed by atoms with van der Waals surface area (Å²) in [7, 11) is -4.61. The smallest absolute Gasteiger partial charge is 0.344 e. The zero-order valence-electron chi connectivity index (χ0n) is 17.5. The van der Waals surface area contributed by atoms with Gasteiger partial charge >= 0.3 is 13.6 Å². The number of anilines is 1. The van der Waals surface area contributed by atoms with E-state index in [1.54, 1.807) is 6.92 Å². The van der Waals surface area contributed by atoms with Gasteiger partial charge in [-0.25, -0.2) is 19.7 Å². The summed E-state index contributed by atoms with van der Waals surface area (Å²) in [5.74, 6) is -0.625. The Balaban J connectivity index is 1.63. The number of nitrogen functional groups attached to an aromatic ring is 1. The van der Waals surface area contributed by atoms with Crippen LogP contribution in [0.15, 0.2) is 12.7 Å². The molecule has 3 amide bonds. The third-order valence-electron chi connectivity index (χ3n) is 4.80. The fourth-order valence-electron chi connectivity index (χ4n) is 3.30. The fraction of sp³-hybridized carbons (Fsp3) is 0.562. The van der Waals surface area contributed by atoms with Gasteiger partial charge in [0.1, 0.15) is 43.0 Å². The molecule has 0 bridgehead atoms. The molecular formula is C16H25N8O8P. The van der Waals surface area contributed by atoms with Crippen LogP contribution in [0.3, 0.4) is 0 Å². The van der Waals surface area contributed by atoms with E-state index >= 15 is 0 Å². The van der Waals surface area contributed by atoms with Gasteiger partial charge in [-0.05, 0) is 6.92 Å². The van der Waals surface area contributed by atoms with Crippen LogP contribution < -0.4 is 16.4 Å². The van der Waals surface area contributed by atoms with Gasteiger partial charge in [-0.3, -0.25) is 13.9 Å². The van der Waals surface area contributed by atoms with Gasteiger partial charge in [0.2, 0.25) is 5.91 Å². The van der Waals surface area contributed by atoms with Crippen LogP contribution in [0.1, 0.15) is 13.2 Å². The van der Waals surface area contributed by atoms with Crippen molar-refractivity contribution in [2.24, 2.45) is 0 Å². The van der Waals surface area contributed by atoms with Gasteiger partial charge in [-0.2, -0.15) is 0 Å². The molecule has 2 aromatic heterocycles. The van der Waals surface area contributed by atoms with Gasteiger partial charge in [0, 0.05) is 13.1 Å². The standard InChI is InChI=1S/C16H25N8O8P/c1-2-18-16(28)23(7-33(29,30)31)4-9(25)19-3-8-11(26)12(27)15(32-8)24-6-22-10-13(17)20-5-21-14(10)24/h5-6,8,11-12,15,26-27H,2-4,7H2,1H3,(H,18,28)(H,19,25)(H2,17,20,21)(H2,29,30,31)/t8-,11?,12?,15-/m1/s1. The van der Waals surface area contributed by atoms with E-state index in [2.05, 4.69) is 25.6 Å². The van der Waals surface area contributed by atoms with E-state index in [9.17, 15) is 24.4 Å². The molecule has 16 nitrogen and oxygen atoms in total. The fourth-order valence-corrected chi connectivity index (χ4v) is 3.97. The van der Waals surface area contributed by atoms with Crippen LogP contribution in [0.2, 0.25) is 0 Å². The summed E-state index contributed by atoms with van der Waals surface area (Å²) >= 11 is 0. The van der Waals surface area contributed by atoms with Gasteiger partial charge in [-0.1, -0.05) is 0 Å². The Bertz CT molecular complexity index is 1060. The first-order chi connectivity index (χ1) is 15.5.